The maximum atomic E-state index is 11.3. The van der Waals surface area contributed by atoms with Crippen LogP contribution in [0.1, 0.15) is 12.0 Å². The van der Waals surface area contributed by atoms with Crippen molar-refractivity contribution in [3.8, 4) is 0 Å². The molecular formula is C12H13O5. The van der Waals surface area contributed by atoms with Gasteiger partial charge in [-0.3, -0.25) is 9.59 Å². The van der Waals surface area contributed by atoms with Crippen LogP contribution in [0.5, 0.6) is 0 Å². The van der Waals surface area contributed by atoms with Crippen LogP contribution in [0, 0.1) is 6.92 Å². The van der Waals surface area contributed by atoms with Crippen molar-refractivity contribution in [3.63, 3.8) is 0 Å². The largest absolute Gasteiger partial charge is 0.480 e. The summed E-state index contributed by atoms with van der Waals surface area (Å²) >= 11 is 0. The lowest BCUT2D eigenvalue weighted by atomic mass is 9.76. The van der Waals surface area contributed by atoms with Gasteiger partial charge in [0.15, 0.2) is 5.41 Å². The average Bonchev–Trinajstić information content (AvgIpc) is 2.25. The number of rotatable bonds is 5. The first kappa shape index (κ1) is 13.2. The van der Waals surface area contributed by atoms with Crippen LogP contribution in [-0.2, 0) is 15.0 Å². The molecule has 0 fully saturated rings. The number of carboxylic acid groups (broad SMARTS) is 2. The van der Waals surface area contributed by atoms with Crippen molar-refractivity contribution in [3.05, 3.63) is 42.8 Å². The molecule has 0 spiro atoms. The third kappa shape index (κ3) is 2.45. The summed E-state index contributed by atoms with van der Waals surface area (Å²) < 4.78 is 0. The molecule has 5 nitrogen and oxygen atoms in total. The summed E-state index contributed by atoms with van der Waals surface area (Å²) in [5, 5.41) is 27.6. The summed E-state index contributed by atoms with van der Waals surface area (Å²) in [6.07, 6.45) is -1.76. The number of aliphatic hydroxyl groups is 1. The Morgan fingerprint density at radius 1 is 1.18 bits per heavy atom. The lowest BCUT2D eigenvalue weighted by Crippen LogP contribution is -2.46. The van der Waals surface area contributed by atoms with Gasteiger partial charge >= 0.3 is 11.9 Å². The van der Waals surface area contributed by atoms with Crippen molar-refractivity contribution in [2.24, 2.45) is 0 Å². The molecule has 1 aromatic carbocycles. The summed E-state index contributed by atoms with van der Waals surface area (Å²) in [6, 6.07) is 7.56. The van der Waals surface area contributed by atoms with E-state index in [0.717, 1.165) is 0 Å². The van der Waals surface area contributed by atoms with Gasteiger partial charge in [-0.25, -0.2) is 0 Å². The topological polar surface area (TPSA) is 94.8 Å². The van der Waals surface area contributed by atoms with E-state index < -0.39 is 29.9 Å². The Morgan fingerprint density at radius 2 is 1.65 bits per heavy atom. The van der Waals surface area contributed by atoms with E-state index in [1.165, 1.54) is 12.1 Å². The molecular weight excluding hydrogens is 224 g/mol. The Labute approximate surface area is 98.3 Å². The quantitative estimate of drug-likeness (QED) is 0.654. The zero-order valence-corrected chi connectivity index (χ0v) is 9.04. The second kappa shape index (κ2) is 4.97. The van der Waals surface area contributed by atoms with Crippen molar-refractivity contribution in [1.29, 1.82) is 0 Å². The molecule has 1 atom stereocenters. The lowest BCUT2D eigenvalue weighted by Gasteiger charge is -2.26. The fourth-order valence-corrected chi connectivity index (χ4v) is 1.71. The van der Waals surface area contributed by atoms with Crippen LogP contribution in [0.25, 0.3) is 0 Å². The smallest absolute Gasteiger partial charge is 0.325 e. The van der Waals surface area contributed by atoms with Gasteiger partial charge in [0.05, 0.1) is 6.10 Å². The zero-order chi connectivity index (χ0) is 13.1. The minimum absolute atomic E-state index is 0.114. The SMILES string of the molecule is [CH2]C(O)CC(C(=O)O)(C(=O)O)c1ccccc1. The van der Waals surface area contributed by atoms with Gasteiger partial charge in [0, 0.05) is 6.42 Å². The summed E-state index contributed by atoms with van der Waals surface area (Å²) in [7, 11) is 0. The predicted octanol–water partition coefficient (Wildman–Crippen LogP) is 0.679. The van der Waals surface area contributed by atoms with Crippen LogP contribution in [0.3, 0.4) is 0 Å². The minimum atomic E-state index is -2.16. The van der Waals surface area contributed by atoms with E-state index in [0.29, 0.717) is 0 Å². The van der Waals surface area contributed by atoms with Gasteiger partial charge in [-0.05, 0) is 12.5 Å². The van der Waals surface area contributed by atoms with Crippen LogP contribution in [0.4, 0.5) is 0 Å². The van der Waals surface area contributed by atoms with Crippen molar-refractivity contribution >= 4 is 11.9 Å². The Morgan fingerprint density at radius 3 is 2.00 bits per heavy atom. The van der Waals surface area contributed by atoms with Crippen molar-refractivity contribution < 1.29 is 24.9 Å². The minimum Gasteiger partial charge on any atom is -0.480 e. The first-order valence-electron chi connectivity index (χ1n) is 4.94. The van der Waals surface area contributed by atoms with Crippen molar-refractivity contribution in [2.75, 3.05) is 0 Å². The molecule has 0 aliphatic rings. The molecule has 5 heteroatoms. The molecule has 0 aliphatic heterocycles. The highest BCUT2D eigenvalue weighted by molar-refractivity contribution is 6.04. The Bertz CT molecular complexity index is 396. The van der Waals surface area contributed by atoms with Crippen LogP contribution < -0.4 is 0 Å². The van der Waals surface area contributed by atoms with Crippen molar-refractivity contribution in [2.45, 2.75) is 17.9 Å². The monoisotopic (exact) mass is 237 g/mol. The highest BCUT2D eigenvalue weighted by Gasteiger charge is 2.48. The zero-order valence-electron chi connectivity index (χ0n) is 9.04. The van der Waals surface area contributed by atoms with E-state index in [1.54, 1.807) is 18.2 Å². The van der Waals surface area contributed by atoms with E-state index >= 15 is 0 Å². The molecule has 0 aliphatic carbocycles. The second-order valence-electron chi connectivity index (χ2n) is 3.74. The number of carbonyl (C=O) groups is 2. The third-order valence-corrected chi connectivity index (χ3v) is 2.54. The Hall–Kier alpha value is -1.88. The molecule has 0 saturated carbocycles. The Kier molecular flexibility index (Phi) is 3.85. The highest BCUT2D eigenvalue weighted by Crippen LogP contribution is 2.30. The third-order valence-electron chi connectivity index (χ3n) is 2.54. The molecule has 1 rings (SSSR count). The molecule has 1 aromatic rings. The van der Waals surface area contributed by atoms with Crippen molar-refractivity contribution in [1.82, 2.24) is 0 Å². The van der Waals surface area contributed by atoms with Crippen LogP contribution in [0.2, 0.25) is 0 Å². The first-order chi connectivity index (χ1) is 7.91. The first-order valence-corrected chi connectivity index (χ1v) is 4.94. The molecule has 0 heterocycles. The average molecular weight is 237 g/mol. The standard InChI is InChI=1S/C12H13O5/c1-8(13)7-12(10(14)15,11(16)17)9-5-3-2-4-6-9/h2-6,8,13H,1,7H2,(H,14,15)(H,16,17). The van der Waals surface area contributed by atoms with Crippen LogP contribution in [0.15, 0.2) is 30.3 Å². The van der Waals surface area contributed by atoms with E-state index in [9.17, 15) is 24.9 Å². The van der Waals surface area contributed by atoms with Gasteiger partial charge < -0.3 is 15.3 Å². The van der Waals surface area contributed by atoms with Gasteiger partial charge in [0.1, 0.15) is 0 Å². The molecule has 91 valence electrons. The Balaban J connectivity index is 3.35. The fourth-order valence-electron chi connectivity index (χ4n) is 1.71. The summed E-state index contributed by atoms with van der Waals surface area (Å²) in [5.41, 5.74) is -2.05. The van der Waals surface area contributed by atoms with Crippen LogP contribution in [-0.4, -0.2) is 33.4 Å². The van der Waals surface area contributed by atoms with Gasteiger partial charge in [0.2, 0.25) is 0 Å². The summed E-state index contributed by atoms with van der Waals surface area (Å²) in [4.78, 5) is 22.6. The maximum absolute atomic E-state index is 11.3. The van der Waals surface area contributed by atoms with E-state index in [4.69, 9.17) is 0 Å². The summed E-state index contributed by atoms with van der Waals surface area (Å²) in [5.74, 6) is -3.03. The van der Waals surface area contributed by atoms with Gasteiger partial charge in [-0.1, -0.05) is 30.3 Å². The van der Waals surface area contributed by atoms with E-state index in [1.807, 2.05) is 0 Å². The second-order valence-corrected chi connectivity index (χ2v) is 3.74. The predicted molar refractivity (Wildman–Crippen MR) is 59.4 cm³/mol. The molecule has 0 saturated heterocycles. The molecule has 1 unspecified atom stereocenters. The molecule has 0 aromatic heterocycles. The molecule has 1 radical (unpaired) electrons. The number of benzene rings is 1. The maximum Gasteiger partial charge on any atom is 0.325 e. The summed E-state index contributed by atoms with van der Waals surface area (Å²) in [6.45, 7) is 3.24. The lowest BCUT2D eigenvalue weighted by molar-refractivity contribution is -0.159. The fraction of sp³-hybridized carbons (Fsp3) is 0.250. The van der Waals surface area contributed by atoms with Gasteiger partial charge in [-0.2, -0.15) is 0 Å². The van der Waals surface area contributed by atoms with Crippen LogP contribution >= 0.6 is 0 Å². The molecule has 3 N–H and O–H groups in total. The normalized spacial score (nSPS) is 13.1. The van der Waals surface area contributed by atoms with E-state index in [-0.39, 0.29) is 5.56 Å². The number of hydrogen-bond acceptors (Lipinski definition) is 3. The number of aliphatic hydroxyl groups excluding tert-OH is 1. The molecule has 17 heavy (non-hydrogen) atoms. The molecule has 0 amide bonds. The van der Waals surface area contributed by atoms with Gasteiger partial charge in [0.25, 0.3) is 0 Å². The number of carboxylic acids is 2. The molecule has 0 bridgehead atoms. The number of hydrogen-bond donors (Lipinski definition) is 3. The number of aliphatic carboxylic acids is 2. The highest BCUT2D eigenvalue weighted by atomic mass is 16.4. The van der Waals surface area contributed by atoms with E-state index in [2.05, 4.69) is 6.92 Å². The van der Waals surface area contributed by atoms with Gasteiger partial charge in [-0.15, -0.1) is 0 Å².